The van der Waals surface area contributed by atoms with Crippen molar-refractivity contribution >= 4 is 33.2 Å². The molecule has 1 fully saturated rings. The summed E-state index contributed by atoms with van der Waals surface area (Å²) in [6.07, 6.45) is 2.84. The number of sulfonamides is 1. The fourth-order valence-corrected chi connectivity index (χ4v) is 4.74. The molecule has 1 heterocycles. The number of amides is 1. The zero-order chi connectivity index (χ0) is 18.7. The van der Waals surface area contributed by atoms with Crippen molar-refractivity contribution in [1.29, 1.82) is 0 Å². The fourth-order valence-electron chi connectivity index (χ4n) is 2.99. The van der Waals surface area contributed by atoms with E-state index in [1.807, 2.05) is 6.92 Å². The standard InChI is InChI=1S/C19H21ClN2O3S/c1-14-13-16(20)7-10-18(14)21-19(23)15-5-8-17(9-6-15)26(24,25)22-11-3-2-4-12-22/h5-10,13H,2-4,11-12H2,1H3,(H,21,23). The molecule has 0 atom stereocenters. The maximum absolute atomic E-state index is 12.6. The van der Waals surface area contributed by atoms with E-state index in [9.17, 15) is 13.2 Å². The van der Waals surface area contributed by atoms with Gasteiger partial charge in [0.1, 0.15) is 0 Å². The highest BCUT2D eigenvalue weighted by Gasteiger charge is 2.25. The van der Waals surface area contributed by atoms with Gasteiger partial charge in [0.25, 0.3) is 5.91 Å². The second-order valence-electron chi connectivity index (χ2n) is 6.40. The van der Waals surface area contributed by atoms with Crippen LogP contribution in [0.5, 0.6) is 0 Å². The maximum atomic E-state index is 12.6. The van der Waals surface area contributed by atoms with Gasteiger partial charge in [0.05, 0.1) is 4.90 Å². The molecule has 0 radical (unpaired) electrons. The molecule has 0 unspecified atom stereocenters. The Kier molecular flexibility index (Phi) is 5.65. The summed E-state index contributed by atoms with van der Waals surface area (Å²) in [6.45, 7) is 2.97. The van der Waals surface area contributed by atoms with Crippen molar-refractivity contribution in [2.75, 3.05) is 18.4 Å². The van der Waals surface area contributed by atoms with Crippen LogP contribution in [0.3, 0.4) is 0 Å². The maximum Gasteiger partial charge on any atom is 0.255 e. The number of hydrogen-bond acceptors (Lipinski definition) is 3. The number of halogens is 1. The summed E-state index contributed by atoms with van der Waals surface area (Å²) < 4.78 is 26.8. The number of rotatable bonds is 4. The van der Waals surface area contributed by atoms with Gasteiger partial charge in [0.2, 0.25) is 10.0 Å². The molecule has 5 nitrogen and oxygen atoms in total. The average molecular weight is 393 g/mol. The van der Waals surface area contributed by atoms with Gasteiger partial charge in [-0.15, -0.1) is 0 Å². The van der Waals surface area contributed by atoms with E-state index < -0.39 is 10.0 Å². The van der Waals surface area contributed by atoms with Crippen LogP contribution in [0.2, 0.25) is 5.02 Å². The molecule has 7 heteroatoms. The highest BCUT2D eigenvalue weighted by molar-refractivity contribution is 7.89. The summed E-state index contributed by atoms with van der Waals surface area (Å²) in [5.41, 5.74) is 1.93. The van der Waals surface area contributed by atoms with Crippen LogP contribution in [-0.2, 0) is 10.0 Å². The van der Waals surface area contributed by atoms with Crippen molar-refractivity contribution in [2.45, 2.75) is 31.1 Å². The van der Waals surface area contributed by atoms with Crippen LogP contribution in [0.4, 0.5) is 5.69 Å². The van der Waals surface area contributed by atoms with Gasteiger partial charge in [-0.1, -0.05) is 18.0 Å². The highest BCUT2D eigenvalue weighted by Crippen LogP contribution is 2.22. The fraction of sp³-hybridized carbons (Fsp3) is 0.316. The second-order valence-corrected chi connectivity index (χ2v) is 8.78. The predicted molar refractivity (Wildman–Crippen MR) is 103 cm³/mol. The van der Waals surface area contributed by atoms with Crippen LogP contribution in [0.25, 0.3) is 0 Å². The minimum atomic E-state index is -3.49. The Bertz CT molecular complexity index is 905. The first kappa shape index (κ1) is 18.9. The molecule has 0 bridgehead atoms. The SMILES string of the molecule is Cc1cc(Cl)ccc1NC(=O)c1ccc(S(=O)(=O)N2CCCCC2)cc1. The van der Waals surface area contributed by atoms with E-state index in [4.69, 9.17) is 11.6 Å². The minimum Gasteiger partial charge on any atom is -0.322 e. The number of carbonyl (C=O) groups is 1. The largest absolute Gasteiger partial charge is 0.322 e. The van der Waals surface area contributed by atoms with E-state index in [-0.39, 0.29) is 10.8 Å². The molecule has 2 aromatic rings. The first-order valence-corrected chi connectivity index (χ1v) is 10.4. The molecule has 0 aliphatic carbocycles. The number of nitrogens with one attached hydrogen (secondary N) is 1. The Morgan fingerprint density at radius 1 is 1.04 bits per heavy atom. The molecule has 1 N–H and O–H groups in total. The quantitative estimate of drug-likeness (QED) is 0.852. The third-order valence-corrected chi connectivity index (χ3v) is 6.65. The minimum absolute atomic E-state index is 0.221. The van der Waals surface area contributed by atoms with Crippen LogP contribution < -0.4 is 5.32 Å². The molecule has 0 spiro atoms. The molecule has 26 heavy (non-hydrogen) atoms. The third kappa shape index (κ3) is 4.09. The van der Waals surface area contributed by atoms with E-state index in [0.29, 0.717) is 29.4 Å². The molecule has 138 valence electrons. The van der Waals surface area contributed by atoms with Crippen molar-refractivity contribution < 1.29 is 13.2 Å². The summed E-state index contributed by atoms with van der Waals surface area (Å²) in [6, 6.07) is 11.3. The number of piperidine rings is 1. The van der Waals surface area contributed by atoms with Crippen molar-refractivity contribution in [3.05, 3.63) is 58.6 Å². The van der Waals surface area contributed by atoms with Crippen molar-refractivity contribution in [3.63, 3.8) is 0 Å². The zero-order valence-corrected chi connectivity index (χ0v) is 16.1. The number of carbonyl (C=O) groups excluding carboxylic acids is 1. The summed E-state index contributed by atoms with van der Waals surface area (Å²) in [4.78, 5) is 12.6. The van der Waals surface area contributed by atoms with Crippen molar-refractivity contribution in [2.24, 2.45) is 0 Å². The summed E-state index contributed by atoms with van der Waals surface area (Å²) in [7, 11) is -3.49. The number of nitrogens with zero attached hydrogens (tertiary/aromatic N) is 1. The van der Waals surface area contributed by atoms with E-state index in [1.54, 1.807) is 18.2 Å². The molecular weight excluding hydrogens is 372 g/mol. The number of benzene rings is 2. The lowest BCUT2D eigenvalue weighted by atomic mass is 10.1. The summed E-state index contributed by atoms with van der Waals surface area (Å²) in [5.74, 6) is -0.294. The van der Waals surface area contributed by atoms with E-state index >= 15 is 0 Å². The second kappa shape index (κ2) is 7.78. The molecule has 1 amide bonds. The van der Waals surface area contributed by atoms with E-state index in [2.05, 4.69) is 5.32 Å². The van der Waals surface area contributed by atoms with Gasteiger partial charge in [-0.25, -0.2) is 8.42 Å². The van der Waals surface area contributed by atoms with Crippen LogP contribution in [0.15, 0.2) is 47.4 Å². The monoisotopic (exact) mass is 392 g/mol. The van der Waals surface area contributed by atoms with Gasteiger partial charge >= 0.3 is 0 Å². The van der Waals surface area contributed by atoms with Crippen molar-refractivity contribution in [1.82, 2.24) is 4.31 Å². The van der Waals surface area contributed by atoms with Gasteiger partial charge in [0.15, 0.2) is 0 Å². The van der Waals surface area contributed by atoms with Crippen molar-refractivity contribution in [3.8, 4) is 0 Å². The smallest absolute Gasteiger partial charge is 0.255 e. The molecule has 0 aromatic heterocycles. The van der Waals surface area contributed by atoms with E-state index in [0.717, 1.165) is 24.8 Å². The van der Waals surface area contributed by atoms with Gasteiger partial charge in [0, 0.05) is 29.4 Å². The Morgan fingerprint density at radius 3 is 2.31 bits per heavy atom. The third-order valence-electron chi connectivity index (χ3n) is 4.51. The lowest BCUT2D eigenvalue weighted by Gasteiger charge is -2.25. The topological polar surface area (TPSA) is 66.5 Å². The predicted octanol–water partition coefficient (Wildman–Crippen LogP) is 4.08. The van der Waals surface area contributed by atoms with Crippen LogP contribution in [-0.4, -0.2) is 31.7 Å². The van der Waals surface area contributed by atoms with E-state index in [1.165, 1.54) is 28.6 Å². The number of hydrogen-bond donors (Lipinski definition) is 1. The Labute approximate surface area is 159 Å². The lowest BCUT2D eigenvalue weighted by Crippen LogP contribution is -2.35. The molecule has 2 aromatic carbocycles. The molecule has 1 aliphatic rings. The normalized spacial score (nSPS) is 15.6. The van der Waals surface area contributed by atoms with Gasteiger partial charge in [-0.3, -0.25) is 4.79 Å². The highest BCUT2D eigenvalue weighted by atomic mass is 35.5. The average Bonchev–Trinajstić information content (AvgIpc) is 2.65. The molecule has 1 aliphatic heterocycles. The Hall–Kier alpha value is -1.89. The summed E-state index contributed by atoms with van der Waals surface area (Å²) in [5, 5.41) is 3.42. The lowest BCUT2D eigenvalue weighted by molar-refractivity contribution is 0.102. The van der Waals surface area contributed by atoms with Gasteiger partial charge in [-0.05, 0) is 67.8 Å². The molecule has 0 saturated carbocycles. The summed E-state index contributed by atoms with van der Waals surface area (Å²) >= 11 is 5.92. The number of aryl methyl sites for hydroxylation is 1. The Morgan fingerprint density at radius 2 is 1.69 bits per heavy atom. The Balaban J connectivity index is 1.75. The first-order chi connectivity index (χ1) is 12.4. The van der Waals surface area contributed by atoms with Crippen LogP contribution in [0, 0.1) is 6.92 Å². The van der Waals surface area contributed by atoms with Gasteiger partial charge in [-0.2, -0.15) is 4.31 Å². The molecule has 3 rings (SSSR count). The van der Waals surface area contributed by atoms with Crippen LogP contribution >= 0.6 is 11.6 Å². The first-order valence-electron chi connectivity index (χ1n) is 8.55. The zero-order valence-electron chi connectivity index (χ0n) is 14.5. The van der Waals surface area contributed by atoms with Gasteiger partial charge < -0.3 is 5.32 Å². The van der Waals surface area contributed by atoms with Crippen LogP contribution in [0.1, 0.15) is 35.2 Å². The number of anilines is 1. The molecule has 1 saturated heterocycles. The molecular formula is C19H21ClN2O3S.